The Kier molecular flexibility index (Phi) is 61.2. The summed E-state index contributed by atoms with van der Waals surface area (Å²) in [6, 6.07) is 0. The molecular formula is C69H124O6. The zero-order valence-electron chi connectivity index (χ0n) is 50.1. The molecule has 0 bridgehead atoms. The van der Waals surface area contributed by atoms with Crippen molar-refractivity contribution in [3.8, 4) is 0 Å². The predicted octanol–water partition coefficient (Wildman–Crippen LogP) is 22.3. The average molecular weight is 1050 g/mol. The Morgan fingerprint density at radius 1 is 0.280 bits per heavy atom. The molecule has 436 valence electrons. The van der Waals surface area contributed by atoms with Crippen molar-refractivity contribution in [3.63, 3.8) is 0 Å². The van der Waals surface area contributed by atoms with Gasteiger partial charge in [0.05, 0.1) is 0 Å². The molecule has 0 aromatic rings. The van der Waals surface area contributed by atoms with Gasteiger partial charge in [-0.25, -0.2) is 0 Å². The molecule has 0 aliphatic heterocycles. The minimum absolute atomic E-state index is 0.0709. The van der Waals surface area contributed by atoms with Crippen LogP contribution in [0.1, 0.15) is 342 Å². The van der Waals surface area contributed by atoms with Gasteiger partial charge in [0.15, 0.2) is 6.10 Å². The summed E-state index contributed by atoms with van der Waals surface area (Å²) in [6.45, 7) is 6.49. The van der Waals surface area contributed by atoms with Crippen LogP contribution in [0.5, 0.6) is 0 Å². The number of hydrogen-bond donors (Lipinski definition) is 0. The zero-order chi connectivity index (χ0) is 54.3. The Balaban J connectivity index is 3.98. The molecule has 0 saturated heterocycles. The molecule has 1 unspecified atom stereocenters. The van der Waals surface area contributed by atoms with E-state index in [4.69, 9.17) is 14.2 Å². The lowest BCUT2D eigenvalue weighted by Crippen LogP contribution is -2.30. The van der Waals surface area contributed by atoms with E-state index in [1.54, 1.807) is 0 Å². The molecule has 6 nitrogen and oxygen atoms in total. The molecule has 0 aliphatic carbocycles. The van der Waals surface area contributed by atoms with Gasteiger partial charge in [0.25, 0.3) is 0 Å². The molecule has 0 rings (SSSR count). The van der Waals surface area contributed by atoms with Crippen molar-refractivity contribution in [2.24, 2.45) is 0 Å². The second-order valence-corrected chi connectivity index (χ2v) is 22.0. The van der Waals surface area contributed by atoms with Gasteiger partial charge < -0.3 is 14.2 Å². The van der Waals surface area contributed by atoms with Gasteiger partial charge in [-0.15, -0.1) is 0 Å². The van der Waals surface area contributed by atoms with E-state index in [1.807, 2.05) is 0 Å². The molecule has 1 atom stereocenters. The maximum absolute atomic E-state index is 12.8. The highest BCUT2D eigenvalue weighted by Gasteiger charge is 2.19. The van der Waals surface area contributed by atoms with Crippen LogP contribution in [0.25, 0.3) is 0 Å². The summed E-state index contributed by atoms with van der Waals surface area (Å²) in [4.78, 5) is 37.9. The summed E-state index contributed by atoms with van der Waals surface area (Å²) in [6.07, 6.45) is 81.5. The quantitative estimate of drug-likeness (QED) is 0.0261. The van der Waals surface area contributed by atoms with Gasteiger partial charge in [-0.05, 0) is 83.5 Å². The molecule has 0 aliphatic rings. The van der Waals surface area contributed by atoms with E-state index < -0.39 is 6.10 Å². The first-order chi connectivity index (χ1) is 37.0. The van der Waals surface area contributed by atoms with Gasteiger partial charge in [0.2, 0.25) is 0 Å². The first-order valence-electron chi connectivity index (χ1n) is 32.8. The van der Waals surface area contributed by atoms with E-state index in [0.717, 1.165) is 89.9 Å². The largest absolute Gasteiger partial charge is 0.462 e. The highest BCUT2D eigenvalue weighted by Crippen LogP contribution is 2.17. The lowest BCUT2D eigenvalue weighted by Gasteiger charge is -2.18. The second-order valence-electron chi connectivity index (χ2n) is 22.0. The van der Waals surface area contributed by atoms with Crippen LogP contribution in [0.15, 0.2) is 60.8 Å². The third kappa shape index (κ3) is 61.8. The number of carbonyl (C=O) groups is 3. The van der Waals surface area contributed by atoms with E-state index in [2.05, 4.69) is 81.5 Å². The van der Waals surface area contributed by atoms with E-state index in [-0.39, 0.29) is 31.1 Å². The average Bonchev–Trinajstić information content (AvgIpc) is 3.41. The lowest BCUT2D eigenvalue weighted by molar-refractivity contribution is -0.167. The minimum Gasteiger partial charge on any atom is -0.462 e. The van der Waals surface area contributed by atoms with Gasteiger partial charge in [0.1, 0.15) is 13.2 Å². The number of carbonyl (C=O) groups excluding carboxylic acids is 3. The Labute approximate surface area is 466 Å². The van der Waals surface area contributed by atoms with Crippen LogP contribution in [-0.4, -0.2) is 37.2 Å². The van der Waals surface area contributed by atoms with Crippen molar-refractivity contribution >= 4 is 17.9 Å². The van der Waals surface area contributed by atoms with Crippen LogP contribution in [0.3, 0.4) is 0 Å². The first-order valence-corrected chi connectivity index (χ1v) is 32.8. The first kappa shape index (κ1) is 72.1. The third-order valence-corrected chi connectivity index (χ3v) is 14.5. The molecule has 6 heteroatoms. The minimum atomic E-state index is -0.769. The smallest absolute Gasteiger partial charge is 0.306 e. The summed E-state index contributed by atoms with van der Waals surface area (Å²) in [5.41, 5.74) is 0. The molecule has 0 heterocycles. The molecule has 0 amide bonds. The Hall–Kier alpha value is -2.89. The Morgan fingerprint density at radius 2 is 0.520 bits per heavy atom. The maximum atomic E-state index is 12.8. The van der Waals surface area contributed by atoms with Crippen LogP contribution in [0, 0.1) is 0 Å². The van der Waals surface area contributed by atoms with Crippen molar-refractivity contribution in [3.05, 3.63) is 60.8 Å². The summed E-state index contributed by atoms with van der Waals surface area (Å²) in [7, 11) is 0. The highest BCUT2D eigenvalue weighted by atomic mass is 16.6. The van der Waals surface area contributed by atoms with Crippen molar-refractivity contribution in [1.82, 2.24) is 0 Å². The maximum Gasteiger partial charge on any atom is 0.306 e. The molecular weight excluding hydrogens is 925 g/mol. The number of esters is 3. The Morgan fingerprint density at radius 3 is 0.827 bits per heavy atom. The van der Waals surface area contributed by atoms with Gasteiger partial charge >= 0.3 is 17.9 Å². The normalized spacial score (nSPS) is 12.4. The zero-order valence-corrected chi connectivity index (χ0v) is 50.1. The number of ether oxygens (including phenoxy) is 3. The van der Waals surface area contributed by atoms with Crippen molar-refractivity contribution in [1.29, 1.82) is 0 Å². The van der Waals surface area contributed by atoms with Crippen LogP contribution in [0.4, 0.5) is 0 Å². The van der Waals surface area contributed by atoms with Crippen molar-refractivity contribution in [2.75, 3.05) is 13.2 Å². The van der Waals surface area contributed by atoms with E-state index in [0.29, 0.717) is 19.3 Å². The molecule has 75 heavy (non-hydrogen) atoms. The molecule has 0 saturated carbocycles. The molecule has 0 aromatic carbocycles. The summed E-state index contributed by atoms with van der Waals surface area (Å²) in [5, 5.41) is 0. The van der Waals surface area contributed by atoms with Gasteiger partial charge in [-0.2, -0.15) is 0 Å². The predicted molar refractivity (Wildman–Crippen MR) is 325 cm³/mol. The number of unbranched alkanes of at least 4 members (excludes halogenated alkanes) is 39. The van der Waals surface area contributed by atoms with Crippen LogP contribution < -0.4 is 0 Å². The number of rotatable bonds is 60. The molecule has 0 radical (unpaired) electrons. The summed E-state index contributed by atoms with van der Waals surface area (Å²) >= 11 is 0. The van der Waals surface area contributed by atoms with Gasteiger partial charge in [0, 0.05) is 19.3 Å². The summed E-state index contributed by atoms with van der Waals surface area (Å²) < 4.78 is 16.8. The highest BCUT2D eigenvalue weighted by molar-refractivity contribution is 5.71. The molecule has 0 fully saturated rings. The topological polar surface area (TPSA) is 78.9 Å². The van der Waals surface area contributed by atoms with Crippen LogP contribution in [-0.2, 0) is 28.6 Å². The number of allylic oxidation sites excluding steroid dienone is 10. The molecule has 0 N–H and O–H groups in total. The molecule has 0 spiro atoms. The summed E-state index contributed by atoms with van der Waals surface area (Å²) in [5.74, 6) is -0.868. The number of hydrogen-bond acceptors (Lipinski definition) is 6. The molecule has 0 aromatic heterocycles. The Bertz CT molecular complexity index is 1340. The van der Waals surface area contributed by atoms with E-state index in [1.165, 1.54) is 212 Å². The standard InChI is InChI=1S/C69H124O6/c1-4-7-10-13-15-17-19-21-23-25-27-29-31-32-33-34-35-36-38-39-41-43-45-47-49-51-53-56-59-62-68(71)74-65-66(64-73-67(70)61-58-55-12-9-6-3)75-69(72)63-60-57-54-52-50-48-46-44-42-40-37-30-28-26-24-22-20-18-16-14-11-8-5-2/h7,10,15,17,21,23,26-29,66H,4-6,8-9,11-14,16,18-20,22,24-25,30-65H2,1-3H3/b10-7-,17-15-,23-21-,28-26-,29-27-. The fourth-order valence-corrected chi connectivity index (χ4v) is 9.61. The lowest BCUT2D eigenvalue weighted by atomic mass is 10.0. The van der Waals surface area contributed by atoms with Gasteiger partial charge in [-0.1, -0.05) is 300 Å². The van der Waals surface area contributed by atoms with Crippen LogP contribution >= 0.6 is 0 Å². The monoisotopic (exact) mass is 1050 g/mol. The van der Waals surface area contributed by atoms with Crippen molar-refractivity contribution < 1.29 is 28.6 Å². The fourth-order valence-electron chi connectivity index (χ4n) is 9.61. The van der Waals surface area contributed by atoms with E-state index >= 15 is 0 Å². The van der Waals surface area contributed by atoms with E-state index in [9.17, 15) is 14.4 Å². The van der Waals surface area contributed by atoms with Gasteiger partial charge in [-0.3, -0.25) is 14.4 Å². The fraction of sp³-hybridized carbons (Fsp3) is 0.812. The third-order valence-electron chi connectivity index (χ3n) is 14.5. The van der Waals surface area contributed by atoms with Crippen molar-refractivity contribution in [2.45, 2.75) is 348 Å². The second kappa shape index (κ2) is 63.6. The van der Waals surface area contributed by atoms with Crippen LogP contribution in [0.2, 0.25) is 0 Å². The SMILES string of the molecule is CC/C=C\C/C=C\C/C=C\C/C=C\CCCCCCCCCCCCCCCCCCC(=O)OCC(COC(=O)CCCCCCC)OC(=O)CCCCCCCCCCCCC/C=C\CCCCCCCCCC.